The standard InChI is InChI=1S/C14H21N3/c1-16-13-8-14(16)10-17(9-13)6-5-11-3-2-4-12(15)7-11/h2-4,7,13-14H,5-6,8-10,15H2,1H3. The Kier molecular flexibility index (Phi) is 2.81. The van der Waals surface area contributed by atoms with E-state index in [1.54, 1.807) is 0 Å². The second-order valence-corrected chi connectivity index (χ2v) is 5.46. The molecule has 0 saturated carbocycles. The zero-order chi connectivity index (χ0) is 11.8. The summed E-state index contributed by atoms with van der Waals surface area (Å²) in [6, 6.07) is 9.90. The molecule has 3 nitrogen and oxygen atoms in total. The first kappa shape index (κ1) is 11.1. The van der Waals surface area contributed by atoms with Crippen LogP contribution in [0.4, 0.5) is 5.69 Å². The summed E-state index contributed by atoms with van der Waals surface area (Å²) in [7, 11) is 2.26. The third-order valence-electron chi connectivity index (χ3n) is 4.30. The van der Waals surface area contributed by atoms with Crippen LogP contribution in [0.15, 0.2) is 24.3 Å². The smallest absolute Gasteiger partial charge is 0.0316 e. The van der Waals surface area contributed by atoms with E-state index in [4.69, 9.17) is 5.73 Å². The lowest BCUT2D eigenvalue weighted by atomic mass is 9.88. The maximum absolute atomic E-state index is 5.79. The van der Waals surface area contributed by atoms with Gasteiger partial charge in [0.25, 0.3) is 0 Å². The summed E-state index contributed by atoms with van der Waals surface area (Å²) in [6.07, 6.45) is 2.53. The summed E-state index contributed by atoms with van der Waals surface area (Å²) in [5.41, 5.74) is 8.03. The van der Waals surface area contributed by atoms with Crippen LogP contribution < -0.4 is 5.73 Å². The van der Waals surface area contributed by atoms with Gasteiger partial charge in [-0.15, -0.1) is 0 Å². The van der Waals surface area contributed by atoms with Crippen LogP contribution in [0.2, 0.25) is 0 Å². The van der Waals surface area contributed by atoms with Gasteiger partial charge < -0.3 is 5.73 Å². The SMILES string of the molecule is CN1C2CC1CN(CCc1cccc(N)c1)C2. The largest absolute Gasteiger partial charge is 0.399 e. The first-order valence-corrected chi connectivity index (χ1v) is 6.51. The van der Waals surface area contributed by atoms with E-state index in [-0.39, 0.29) is 0 Å². The van der Waals surface area contributed by atoms with Gasteiger partial charge in [0.1, 0.15) is 0 Å². The molecule has 0 aromatic heterocycles. The average Bonchev–Trinajstić information content (AvgIpc) is 2.36. The molecule has 0 amide bonds. The van der Waals surface area contributed by atoms with Gasteiger partial charge in [-0.2, -0.15) is 0 Å². The lowest BCUT2D eigenvalue weighted by molar-refractivity contribution is -0.0497. The van der Waals surface area contributed by atoms with Crippen molar-refractivity contribution in [3.8, 4) is 0 Å². The fourth-order valence-corrected chi connectivity index (χ4v) is 3.10. The number of nitrogens with zero attached hydrogens (tertiary/aromatic N) is 2. The molecule has 3 aliphatic rings. The molecule has 1 aromatic carbocycles. The minimum Gasteiger partial charge on any atom is -0.399 e. The first-order valence-electron chi connectivity index (χ1n) is 6.51. The van der Waals surface area contributed by atoms with Crippen molar-refractivity contribution in [3.63, 3.8) is 0 Å². The molecule has 92 valence electrons. The summed E-state index contributed by atoms with van der Waals surface area (Å²) < 4.78 is 0. The van der Waals surface area contributed by atoms with Crippen LogP contribution >= 0.6 is 0 Å². The number of nitrogens with two attached hydrogens (primary N) is 1. The normalized spacial score (nSPS) is 29.0. The van der Waals surface area contributed by atoms with Crippen molar-refractivity contribution in [1.82, 2.24) is 9.80 Å². The number of fused-ring (bicyclic) bond motifs is 2. The molecule has 3 heterocycles. The minimum atomic E-state index is 0.814. The van der Waals surface area contributed by atoms with Crippen LogP contribution in [-0.4, -0.2) is 48.6 Å². The van der Waals surface area contributed by atoms with Gasteiger partial charge in [0.15, 0.2) is 0 Å². The van der Waals surface area contributed by atoms with E-state index >= 15 is 0 Å². The molecular weight excluding hydrogens is 210 g/mol. The predicted octanol–water partition coefficient (Wildman–Crippen LogP) is 1.20. The number of piperidine rings is 1. The number of nitrogen functional groups attached to an aromatic ring is 1. The van der Waals surface area contributed by atoms with Gasteiger partial charge in [-0.25, -0.2) is 0 Å². The van der Waals surface area contributed by atoms with E-state index in [9.17, 15) is 0 Å². The third-order valence-corrected chi connectivity index (χ3v) is 4.30. The highest BCUT2D eigenvalue weighted by Gasteiger charge is 2.41. The molecule has 2 atom stereocenters. The molecule has 3 fully saturated rings. The van der Waals surface area contributed by atoms with E-state index in [1.165, 1.54) is 31.6 Å². The Morgan fingerprint density at radius 1 is 1.29 bits per heavy atom. The highest BCUT2D eigenvalue weighted by Crippen LogP contribution is 2.30. The summed E-state index contributed by atoms with van der Waals surface area (Å²) in [6.45, 7) is 3.66. The van der Waals surface area contributed by atoms with Crippen molar-refractivity contribution in [3.05, 3.63) is 29.8 Å². The van der Waals surface area contributed by atoms with Crippen LogP contribution in [0, 0.1) is 0 Å². The van der Waals surface area contributed by atoms with E-state index < -0.39 is 0 Å². The van der Waals surface area contributed by atoms with Crippen molar-refractivity contribution in [2.24, 2.45) is 0 Å². The molecule has 2 bridgehead atoms. The number of hydrogen-bond acceptors (Lipinski definition) is 3. The third kappa shape index (κ3) is 2.17. The molecule has 3 heteroatoms. The minimum absolute atomic E-state index is 0.814. The van der Waals surface area contributed by atoms with Crippen molar-refractivity contribution in [1.29, 1.82) is 0 Å². The lowest BCUT2D eigenvalue weighted by Crippen LogP contribution is -2.67. The Balaban J connectivity index is 1.52. The number of anilines is 1. The lowest BCUT2D eigenvalue weighted by Gasteiger charge is -2.55. The topological polar surface area (TPSA) is 32.5 Å². The predicted molar refractivity (Wildman–Crippen MR) is 71.0 cm³/mol. The summed E-state index contributed by atoms with van der Waals surface area (Å²) in [5, 5.41) is 0. The summed E-state index contributed by atoms with van der Waals surface area (Å²) >= 11 is 0. The zero-order valence-corrected chi connectivity index (χ0v) is 10.5. The van der Waals surface area contributed by atoms with Crippen molar-refractivity contribution >= 4 is 5.69 Å². The van der Waals surface area contributed by atoms with E-state index in [2.05, 4.69) is 29.0 Å². The van der Waals surface area contributed by atoms with Crippen molar-refractivity contribution in [2.45, 2.75) is 24.9 Å². The maximum Gasteiger partial charge on any atom is 0.0316 e. The van der Waals surface area contributed by atoms with Crippen LogP contribution in [0.1, 0.15) is 12.0 Å². The Labute approximate surface area is 103 Å². The Morgan fingerprint density at radius 2 is 2.06 bits per heavy atom. The average molecular weight is 231 g/mol. The molecule has 2 N–H and O–H groups in total. The first-order chi connectivity index (χ1) is 8.22. The molecule has 0 radical (unpaired) electrons. The quantitative estimate of drug-likeness (QED) is 0.793. The molecular formula is C14H21N3. The van der Waals surface area contributed by atoms with Gasteiger partial charge in [0, 0.05) is 37.4 Å². The zero-order valence-electron chi connectivity index (χ0n) is 10.5. The van der Waals surface area contributed by atoms with Gasteiger partial charge in [-0.05, 0) is 37.6 Å². The van der Waals surface area contributed by atoms with Gasteiger partial charge in [-0.3, -0.25) is 9.80 Å². The highest BCUT2D eigenvalue weighted by molar-refractivity contribution is 5.40. The van der Waals surface area contributed by atoms with E-state index in [0.29, 0.717) is 0 Å². The highest BCUT2D eigenvalue weighted by atomic mass is 15.3. The number of benzene rings is 1. The molecule has 4 rings (SSSR count). The Bertz CT molecular complexity index is 392. The fraction of sp³-hybridized carbons (Fsp3) is 0.571. The summed E-state index contributed by atoms with van der Waals surface area (Å²) in [5.74, 6) is 0. The molecule has 0 spiro atoms. The van der Waals surface area contributed by atoms with E-state index in [1.807, 2.05) is 12.1 Å². The van der Waals surface area contributed by atoms with Crippen LogP contribution in [0.5, 0.6) is 0 Å². The van der Waals surface area contributed by atoms with Crippen LogP contribution in [-0.2, 0) is 6.42 Å². The summed E-state index contributed by atoms with van der Waals surface area (Å²) in [4.78, 5) is 5.12. The van der Waals surface area contributed by atoms with E-state index in [0.717, 1.165) is 24.2 Å². The molecule has 3 saturated heterocycles. The van der Waals surface area contributed by atoms with Crippen LogP contribution in [0.3, 0.4) is 0 Å². The second kappa shape index (κ2) is 4.31. The second-order valence-electron chi connectivity index (χ2n) is 5.46. The van der Waals surface area contributed by atoms with Crippen molar-refractivity contribution in [2.75, 3.05) is 32.4 Å². The fourth-order valence-electron chi connectivity index (χ4n) is 3.10. The molecule has 1 aromatic rings. The van der Waals surface area contributed by atoms with Crippen molar-refractivity contribution < 1.29 is 0 Å². The monoisotopic (exact) mass is 231 g/mol. The van der Waals surface area contributed by atoms with Gasteiger partial charge in [0.05, 0.1) is 0 Å². The Morgan fingerprint density at radius 3 is 2.71 bits per heavy atom. The van der Waals surface area contributed by atoms with Gasteiger partial charge in [-0.1, -0.05) is 12.1 Å². The van der Waals surface area contributed by atoms with Crippen LogP contribution in [0.25, 0.3) is 0 Å². The Hall–Kier alpha value is -1.06. The number of likely N-dealkylation sites (N-methyl/N-ethyl adjacent to an activating group) is 1. The number of hydrogen-bond donors (Lipinski definition) is 1. The number of piperazine rings is 1. The molecule has 3 aliphatic heterocycles. The maximum atomic E-state index is 5.79. The molecule has 2 unspecified atom stereocenters. The molecule has 17 heavy (non-hydrogen) atoms. The number of rotatable bonds is 3. The van der Waals surface area contributed by atoms with Gasteiger partial charge in [0.2, 0.25) is 0 Å². The molecule has 0 aliphatic carbocycles. The van der Waals surface area contributed by atoms with Gasteiger partial charge >= 0.3 is 0 Å².